The van der Waals surface area contributed by atoms with E-state index in [9.17, 15) is 15.1 Å². The van der Waals surface area contributed by atoms with Gasteiger partial charge in [-0.05, 0) is 54.5 Å². The third-order valence-corrected chi connectivity index (χ3v) is 5.87. The molecule has 2 unspecified atom stereocenters. The average molecular weight is 349 g/mol. The Hall–Kier alpha value is -2.62. The molecule has 1 N–H and O–H groups in total. The summed E-state index contributed by atoms with van der Waals surface area (Å²) in [6.45, 7) is 2.04. The number of rotatable bonds is 3. The van der Waals surface area contributed by atoms with Crippen LogP contribution in [-0.2, 0) is 11.2 Å². The number of aliphatic hydroxyl groups excluding tert-OH is 1. The fraction of sp³-hybridized carbons (Fsp3) is 0.364. The monoisotopic (exact) mass is 349 g/mol. The third-order valence-electron chi connectivity index (χ3n) is 5.87. The van der Waals surface area contributed by atoms with Gasteiger partial charge in [-0.15, -0.1) is 0 Å². The predicted molar refractivity (Wildman–Crippen MR) is 100 cm³/mol. The quantitative estimate of drug-likeness (QED) is 0.667. The number of fused-ring (bicyclic) bond motifs is 1. The van der Waals surface area contributed by atoms with Gasteiger partial charge in [0.25, 0.3) is 0 Å². The number of aromatic nitrogens is 1. The van der Waals surface area contributed by atoms with Gasteiger partial charge in [0.05, 0.1) is 5.57 Å². The summed E-state index contributed by atoms with van der Waals surface area (Å²) in [7, 11) is 0. The van der Waals surface area contributed by atoms with Crippen LogP contribution in [0, 0.1) is 17.0 Å². The Morgan fingerprint density at radius 3 is 2.85 bits per heavy atom. The lowest BCUT2D eigenvalue weighted by molar-refractivity contribution is -0.593. The largest absolute Gasteiger partial charge is 0.618 e. The second-order valence-electron chi connectivity index (χ2n) is 7.32. The molecule has 4 rings (SSSR count). The van der Waals surface area contributed by atoms with Gasteiger partial charge in [0.15, 0.2) is 12.0 Å². The molecule has 0 radical (unpaired) electrons. The zero-order valence-corrected chi connectivity index (χ0v) is 14.9. The third kappa shape index (κ3) is 2.70. The SMILES string of the molecule is CCc1ccc(-c2cccc[n+]2[O-])cc1C1=C(O)C2CCCC2CC1=O. The van der Waals surface area contributed by atoms with Crippen molar-refractivity contribution in [1.82, 2.24) is 0 Å². The van der Waals surface area contributed by atoms with Crippen molar-refractivity contribution in [2.24, 2.45) is 11.8 Å². The number of hydrogen-bond donors (Lipinski definition) is 1. The molecule has 0 amide bonds. The van der Waals surface area contributed by atoms with Crippen molar-refractivity contribution in [3.05, 3.63) is 64.7 Å². The molecule has 4 heteroatoms. The van der Waals surface area contributed by atoms with E-state index in [4.69, 9.17) is 0 Å². The molecule has 1 saturated carbocycles. The summed E-state index contributed by atoms with van der Waals surface area (Å²) >= 11 is 0. The standard InChI is InChI=1S/C22H23NO3/c1-2-14-9-10-16(19-8-3-4-11-23(19)26)12-18(14)21-20(24)13-15-6-5-7-17(15)22(21)25/h3-4,8-12,15,17,25H,2,5-7,13H2,1H3. The molecule has 1 fully saturated rings. The lowest BCUT2D eigenvalue weighted by Gasteiger charge is -2.27. The minimum absolute atomic E-state index is 0.0283. The fourth-order valence-electron chi connectivity index (χ4n) is 4.53. The van der Waals surface area contributed by atoms with Crippen molar-refractivity contribution in [2.45, 2.75) is 39.0 Å². The number of nitrogens with zero attached hydrogens (tertiary/aromatic N) is 1. The first-order valence-electron chi connectivity index (χ1n) is 9.38. The molecule has 1 aromatic heterocycles. The summed E-state index contributed by atoms with van der Waals surface area (Å²) in [5.41, 5.74) is 3.57. The van der Waals surface area contributed by atoms with Crippen molar-refractivity contribution in [1.29, 1.82) is 0 Å². The summed E-state index contributed by atoms with van der Waals surface area (Å²) < 4.78 is 0.828. The summed E-state index contributed by atoms with van der Waals surface area (Å²) in [4.78, 5) is 12.8. The van der Waals surface area contributed by atoms with Crippen LogP contribution in [0.3, 0.4) is 0 Å². The highest BCUT2D eigenvalue weighted by Gasteiger charge is 2.40. The van der Waals surface area contributed by atoms with Gasteiger partial charge in [0, 0.05) is 30.0 Å². The van der Waals surface area contributed by atoms with E-state index in [0.717, 1.165) is 47.1 Å². The number of carbonyl (C=O) groups excluding carboxylic acids is 1. The van der Waals surface area contributed by atoms with Crippen molar-refractivity contribution >= 4 is 11.4 Å². The van der Waals surface area contributed by atoms with Crippen LogP contribution >= 0.6 is 0 Å². The second-order valence-corrected chi connectivity index (χ2v) is 7.32. The number of carbonyl (C=O) groups is 1. The zero-order valence-electron chi connectivity index (χ0n) is 14.9. The Balaban J connectivity index is 1.87. The second kappa shape index (κ2) is 6.60. The van der Waals surface area contributed by atoms with Gasteiger partial charge >= 0.3 is 0 Å². The van der Waals surface area contributed by atoms with Crippen LogP contribution < -0.4 is 4.73 Å². The Morgan fingerprint density at radius 2 is 2.08 bits per heavy atom. The Bertz CT molecular complexity index is 900. The first-order chi connectivity index (χ1) is 12.6. The molecule has 26 heavy (non-hydrogen) atoms. The molecule has 2 aromatic rings. The van der Waals surface area contributed by atoms with E-state index in [0.29, 0.717) is 17.7 Å². The number of pyridine rings is 1. The maximum absolute atomic E-state index is 12.8. The van der Waals surface area contributed by atoms with Crippen LogP contribution in [0.15, 0.2) is 48.4 Å². The highest BCUT2D eigenvalue weighted by Crippen LogP contribution is 2.46. The molecule has 0 aliphatic heterocycles. The number of ketones is 1. The van der Waals surface area contributed by atoms with Crippen LogP contribution in [0.5, 0.6) is 0 Å². The van der Waals surface area contributed by atoms with Crippen molar-refractivity contribution < 1.29 is 14.6 Å². The molecule has 0 bridgehead atoms. The minimum atomic E-state index is 0.0283. The van der Waals surface area contributed by atoms with Gasteiger partial charge in [0.2, 0.25) is 5.69 Å². The van der Waals surface area contributed by atoms with Gasteiger partial charge in [-0.25, -0.2) is 0 Å². The molecule has 2 aliphatic carbocycles. The van der Waals surface area contributed by atoms with E-state index in [-0.39, 0.29) is 23.4 Å². The topological polar surface area (TPSA) is 64.2 Å². The van der Waals surface area contributed by atoms with Gasteiger partial charge in [-0.1, -0.05) is 19.4 Å². The van der Waals surface area contributed by atoms with E-state index >= 15 is 0 Å². The molecule has 134 valence electrons. The summed E-state index contributed by atoms with van der Waals surface area (Å²) in [6, 6.07) is 11.0. The van der Waals surface area contributed by atoms with Crippen molar-refractivity contribution in [2.75, 3.05) is 0 Å². The number of aryl methyl sites for hydroxylation is 1. The summed E-state index contributed by atoms with van der Waals surface area (Å²) in [5, 5.41) is 23.0. The van der Waals surface area contributed by atoms with Crippen LogP contribution in [0.1, 0.15) is 43.7 Å². The number of Topliss-reactive ketones (excluding diaryl/α,β-unsaturated/α-hetero) is 1. The zero-order chi connectivity index (χ0) is 18.3. The van der Waals surface area contributed by atoms with Gasteiger partial charge in [-0.3, -0.25) is 4.79 Å². The lowest BCUT2D eigenvalue weighted by atomic mass is 9.77. The van der Waals surface area contributed by atoms with E-state index in [1.54, 1.807) is 12.1 Å². The molecular weight excluding hydrogens is 326 g/mol. The highest BCUT2D eigenvalue weighted by molar-refractivity contribution is 6.22. The molecular formula is C22H23NO3. The molecule has 4 nitrogen and oxygen atoms in total. The summed E-state index contributed by atoms with van der Waals surface area (Å²) in [6.07, 6.45) is 5.79. The molecule has 2 aliphatic rings. The van der Waals surface area contributed by atoms with Gasteiger partial charge in [0.1, 0.15) is 5.76 Å². The molecule has 1 aromatic carbocycles. The minimum Gasteiger partial charge on any atom is -0.618 e. The van der Waals surface area contributed by atoms with E-state index in [2.05, 4.69) is 0 Å². The van der Waals surface area contributed by atoms with E-state index < -0.39 is 0 Å². The first kappa shape index (κ1) is 16.8. The average Bonchev–Trinajstić information content (AvgIpc) is 3.10. The number of benzene rings is 1. The Morgan fingerprint density at radius 1 is 1.23 bits per heavy atom. The maximum Gasteiger partial charge on any atom is 0.223 e. The van der Waals surface area contributed by atoms with Crippen LogP contribution in [0.25, 0.3) is 16.8 Å². The smallest absolute Gasteiger partial charge is 0.223 e. The van der Waals surface area contributed by atoms with Crippen molar-refractivity contribution in [3.63, 3.8) is 0 Å². The van der Waals surface area contributed by atoms with Gasteiger partial charge < -0.3 is 10.3 Å². The van der Waals surface area contributed by atoms with E-state index in [1.807, 2.05) is 31.2 Å². The number of aliphatic hydroxyl groups is 1. The van der Waals surface area contributed by atoms with Crippen LogP contribution in [0.4, 0.5) is 0 Å². The normalized spacial score (nSPS) is 22.6. The van der Waals surface area contributed by atoms with Crippen LogP contribution in [-0.4, -0.2) is 10.9 Å². The molecule has 1 heterocycles. The Kier molecular flexibility index (Phi) is 4.27. The van der Waals surface area contributed by atoms with Gasteiger partial charge in [-0.2, -0.15) is 4.73 Å². The maximum atomic E-state index is 12.8. The Labute approximate surface area is 153 Å². The lowest BCUT2D eigenvalue weighted by Crippen LogP contribution is -2.28. The molecule has 0 spiro atoms. The molecule has 2 atom stereocenters. The fourth-order valence-corrected chi connectivity index (χ4v) is 4.53. The number of hydrogen-bond acceptors (Lipinski definition) is 3. The van der Waals surface area contributed by atoms with Crippen LogP contribution in [0.2, 0.25) is 0 Å². The highest BCUT2D eigenvalue weighted by atomic mass is 16.5. The van der Waals surface area contributed by atoms with Crippen molar-refractivity contribution in [3.8, 4) is 11.3 Å². The predicted octanol–water partition coefficient (Wildman–Crippen LogP) is 4.21. The molecule has 0 saturated heterocycles. The number of allylic oxidation sites excluding steroid dienone is 2. The van der Waals surface area contributed by atoms with E-state index in [1.165, 1.54) is 6.20 Å². The summed E-state index contributed by atoms with van der Waals surface area (Å²) in [5.74, 6) is 0.689. The first-order valence-corrected chi connectivity index (χ1v) is 9.38.